The van der Waals surface area contributed by atoms with Gasteiger partial charge in [-0.25, -0.2) is 0 Å². The molecule has 17 heteroatoms. The maximum absolute atomic E-state index is 11.8. The summed E-state index contributed by atoms with van der Waals surface area (Å²) in [6.45, 7) is 17.2. The predicted octanol–water partition coefficient (Wildman–Crippen LogP) is 3.66. The van der Waals surface area contributed by atoms with Crippen LogP contribution >= 0.6 is 0 Å². The molecule has 0 saturated carbocycles. The van der Waals surface area contributed by atoms with Crippen LogP contribution in [0.4, 0.5) is 0 Å². The second kappa shape index (κ2) is 18.4. The lowest BCUT2D eigenvalue weighted by atomic mass is 9.75. The molecule has 0 aromatic heterocycles. The van der Waals surface area contributed by atoms with E-state index in [0.717, 1.165) is 6.42 Å². The molecular formula is C46H78O17. The molecule has 17 nitrogen and oxygen atoms in total. The highest BCUT2D eigenvalue weighted by atomic mass is 16.7. The highest BCUT2D eigenvalue weighted by Gasteiger charge is 2.63. The SMILES string of the molecule is CO[C@H]1C[C@@H](O[C@H]2CC(C3O[C@](C)(O)[C@H](C)C[C@@H]3C)OC2[C@]2(C)CCC([C@]3(C)CC[C@]4(C[C@H](O)[C@@H](C)C([C@@H](C)C5O[C@](O)(CC(=O)O)[C@@H](C)[C@H](O)[C@H]5OC)O4)O3)O2)OC(C)[C@@H]1OC. The van der Waals surface area contributed by atoms with Gasteiger partial charge in [-0.15, -0.1) is 0 Å². The van der Waals surface area contributed by atoms with Crippen molar-refractivity contribution in [1.82, 2.24) is 0 Å². The summed E-state index contributed by atoms with van der Waals surface area (Å²) in [6, 6.07) is 0. The first-order chi connectivity index (χ1) is 29.4. The molecule has 1 spiro atoms. The summed E-state index contributed by atoms with van der Waals surface area (Å²) in [5, 5.41) is 55.2. The highest BCUT2D eigenvalue weighted by Crippen LogP contribution is 2.54. The number of aliphatic hydroxyl groups is 4. The smallest absolute Gasteiger partial charge is 0.308 e. The number of methoxy groups -OCH3 is 3. The molecule has 7 aliphatic heterocycles. The van der Waals surface area contributed by atoms with Crippen LogP contribution in [0, 0.1) is 29.6 Å². The molecule has 24 atom stereocenters. The normalized spacial score (nSPS) is 54.7. The first-order valence-corrected chi connectivity index (χ1v) is 23.4. The molecule has 0 radical (unpaired) electrons. The number of carbonyl (C=O) groups is 1. The second-order valence-corrected chi connectivity index (χ2v) is 21.1. The second-order valence-electron chi connectivity index (χ2n) is 21.1. The lowest BCUT2D eigenvalue weighted by molar-refractivity contribution is -0.363. The minimum Gasteiger partial charge on any atom is -0.481 e. The van der Waals surface area contributed by atoms with E-state index in [-0.39, 0.29) is 54.9 Å². The van der Waals surface area contributed by atoms with E-state index in [1.54, 1.807) is 21.1 Å². The first kappa shape index (κ1) is 49.8. The van der Waals surface area contributed by atoms with Gasteiger partial charge in [0.2, 0.25) is 0 Å². The number of hydrogen-bond acceptors (Lipinski definition) is 16. The molecule has 364 valence electrons. The predicted molar refractivity (Wildman–Crippen MR) is 223 cm³/mol. The maximum Gasteiger partial charge on any atom is 0.308 e. The Hall–Kier alpha value is -1.13. The number of carboxylic acids is 1. The fourth-order valence-electron chi connectivity index (χ4n) is 12.3. The Morgan fingerprint density at radius 2 is 1.49 bits per heavy atom. The van der Waals surface area contributed by atoms with Gasteiger partial charge in [-0.2, -0.15) is 0 Å². The van der Waals surface area contributed by atoms with E-state index in [0.29, 0.717) is 38.5 Å². The van der Waals surface area contributed by atoms with Crippen molar-refractivity contribution in [2.75, 3.05) is 21.3 Å². The van der Waals surface area contributed by atoms with Crippen LogP contribution in [0.1, 0.15) is 120 Å². The molecule has 0 bridgehead atoms. The fourth-order valence-corrected chi connectivity index (χ4v) is 12.3. The zero-order chi connectivity index (χ0) is 46.2. The van der Waals surface area contributed by atoms with E-state index >= 15 is 0 Å². The summed E-state index contributed by atoms with van der Waals surface area (Å²) < 4.78 is 71.2. The summed E-state index contributed by atoms with van der Waals surface area (Å²) in [4.78, 5) is 11.8. The zero-order valence-electron chi connectivity index (χ0n) is 39.5. The van der Waals surface area contributed by atoms with Crippen molar-refractivity contribution in [2.45, 2.75) is 234 Å². The van der Waals surface area contributed by atoms with Gasteiger partial charge in [0, 0.05) is 70.7 Å². The quantitative estimate of drug-likeness (QED) is 0.189. The van der Waals surface area contributed by atoms with Gasteiger partial charge in [0.25, 0.3) is 0 Å². The molecule has 0 aromatic carbocycles. The molecule has 7 unspecified atom stereocenters. The number of carboxylic acid groups (broad SMARTS) is 1. The van der Waals surface area contributed by atoms with Crippen molar-refractivity contribution in [3.63, 3.8) is 0 Å². The number of hydrogen-bond donors (Lipinski definition) is 5. The first-order valence-electron chi connectivity index (χ1n) is 23.4. The minimum absolute atomic E-state index is 0.0453. The van der Waals surface area contributed by atoms with Gasteiger partial charge in [0.1, 0.15) is 18.3 Å². The Morgan fingerprint density at radius 3 is 2.14 bits per heavy atom. The molecule has 7 saturated heterocycles. The van der Waals surface area contributed by atoms with Crippen molar-refractivity contribution in [3.05, 3.63) is 0 Å². The van der Waals surface area contributed by atoms with Gasteiger partial charge < -0.3 is 77.6 Å². The van der Waals surface area contributed by atoms with Crippen LogP contribution in [0.5, 0.6) is 0 Å². The van der Waals surface area contributed by atoms with Gasteiger partial charge in [0.05, 0.1) is 78.7 Å². The molecule has 5 N–H and O–H groups in total. The molecule has 7 heterocycles. The Labute approximate surface area is 373 Å². The summed E-state index contributed by atoms with van der Waals surface area (Å²) in [5.74, 6) is -7.77. The maximum atomic E-state index is 11.8. The molecule has 0 aliphatic carbocycles. The van der Waals surface area contributed by atoms with E-state index in [2.05, 4.69) is 13.8 Å². The van der Waals surface area contributed by atoms with Gasteiger partial charge in [0.15, 0.2) is 23.7 Å². The Morgan fingerprint density at radius 1 is 0.794 bits per heavy atom. The fraction of sp³-hybridized carbons (Fsp3) is 0.978. The third kappa shape index (κ3) is 9.39. The number of ether oxygens (including phenoxy) is 11. The van der Waals surface area contributed by atoms with E-state index in [1.165, 1.54) is 14.0 Å². The van der Waals surface area contributed by atoms with Crippen LogP contribution in [0.15, 0.2) is 0 Å². The Kier molecular flexibility index (Phi) is 14.5. The minimum atomic E-state index is -2.16. The lowest BCUT2D eigenvalue weighted by Crippen LogP contribution is -2.65. The van der Waals surface area contributed by atoms with E-state index in [9.17, 15) is 30.3 Å². The molecule has 0 amide bonds. The molecule has 0 aromatic rings. The molecule has 7 aliphatic rings. The van der Waals surface area contributed by atoms with Crippen molar-refractivity contribution < 1.29 is 82.4 Å². The van der Waals surface area contributed by atoms with E-state index < -0.39 is 108 Å². The third-order valence-corrected chi connectivity index (χ3v) is 16.5. The zero-order valence-corrected chi connectivity index (χ0v) is 39.5. The summed E-state index contributed by atoms with van der Waals surface area (Å²) >= 11 is 0. The van der Waals surface area contributed by atoms with Crippen molar-refractivity contribution in [1.29, 1.82) is 0 Å². The molecule has 7 rings (SSSR count). The Balaban J connectivity index is 1.09. The highest BCUT2D eigenvalue weighted by molar-refractivity contribution is 5.68. The molecule has 7 fully saturated rings. The van der Waals surface area contributed by atoms with Gasteiger partial charge >= 0.3 is 5.97 Å². The van der Waals surface area contributed by atoms with Crippen molar-refractivity contribution in [3.8, 4) is 0 Å². The summed E-state index contributed by atoms with van der Waals surface area (Å²) in [5.41, 5.74) is -1.63. The van der Waals surface area contributed by atoms with E-state index in [1.807, 2.05) is 34.6 Å². The molecular weight excluding hydrogens is 824 g/mol. The topological polar surface area (TPSA) is 220 Å². The van der Waals surface area contributed by atoms with Crippen LogP contribution < -0.4 is 0 Å². The average molecular weight is 903 g/mol. The monoisotopic (exact) mass is 903 g/mol. The number of rotatable bonds is 12. The third-order valence-electron chi connectivity index (χ3n) is 16.5. The van der Waals surface area contributed by atoms with Crippen LogP contribution in [0.2, 0.25) is 0 Å². The van der Waals surface area contributed by atoms with E-state index in [4.69, 9.17) is 52.1 Å². The summed E-state index contributed by atoms with van der Waals surface area (Å²) in [6.07, 6.45) is -4.46. The van der Waals surface area contributed by atoms with Crippen LogP contribution in [0.25, 0.3) is 0 Å². The van der Waals surface area contributed by atoms with Gasteiger partial charge in [-0.3, -0.25) is 4.79 Å². The number of aliphatic hydroxyl groups excluding tert-OH is 2. The van der Waals surface area contributed by atoms with Crippen molar-refractivity contribution >= 4 is 5.97 Å². The average Bonchev–Trinajstić information content (AvgIpc) is 3.92. The van der Waals surface area contributed by atoms with Crippen LogP contribution in [-0.4, -0.2) is 167 Å². The molecule has 63 heavy (non-hydrogen) atoms. The summed E-state index contributed by atoms with van der Waals surface area (Å²) in [7, 11) is 4.75. The standard InChI is InChI=1S/C46H78O17/c1-22-17-23(2)44(9,51)60-36(22)30-18-31(57-34-19-29(53-10)39(54-11)27(6)56-34)41(58-30)43(8)14-13-32(59-43)42(7)15-16-45(63-42)20-28(47)24(3)37(61-45)25(4)38-40(55-12)35(50)26(5)46(52,62-38)21-33(48)49/h22-32,34-41,47,50-52H,13-21H2,1-12H3,(H,48,49)/t22-,23+,24+,25+,26-,27?,28-,29-,30?,31-,32?,34+,35-,36?,37?,38?,39-,40+,41?,42-,43-,44-,45+,46+/m0/s1. The Bertz CT molecular complexity index is 1590. The van der Waals surface area contributed by atoms with Crippen LogP contribution in [0.3, 0.4) is 0 Å². The lowest BCUT2D eigenvalue weighted by Gasteiger charge is -2.53. The van der Waals surface area contributed by atoms with Crippen molar-refractivity contribution in [2.24, 2.45) is 29.6 Å². The largest absolute Gasteiger partial charge is 0.481 e. The van der Waals surface area contributed by atoms with Crippen LogP contribution in [-0.2, 0) is 56.9 Å². The van der Waals surface area contributed by atoms with Gasteiger partial charge in [-0.05, 0) is 59.3 Å². The number of aliphatic carboxylic acids is 1. The van der Waals surface area contributed by atoms with Gasteiger partial charge in [-0.1, -0.05) is 34.6 Å².